The van der Waals surface area contributed by atoms with E-state index in [1.165, 1.54) is 11.1 Å². The van der Waals surface area contributed by atoms with Crippen LogP contribution >= 0.6 is 0 Å². The van der Waals surface area contributed by atoms with Gasteiger partial charge < -0.3 is 24.8 Å². The fraction of sp³-hybridized carbons (Fsp3) is 0.458. The van der Waals surface area contributed by atoms with Crippen LogP contribution in [0.5, 0.6) is 11.5 Å². The molecule has 31 heavy (non-hydrogen) atoms. The summed E-state index contributed by atoms with van der Waals surface area (Å²) < 4.78 is 16.7. The Hall–Kier alpha value is -2.77. The van der Waals surface area contributed by atoms with Gasteiger partial charge >= 0.3 is 0 Å². The molecule has 2 aromatic carbocycles. The lowest BCUT2D eigenvalue weighted by atomic mass is 10.0. The summed E-state index contributed by atoms with van der Waals surface area (Å²) in [5.74, 6) is 2.51. The van der Waals surface area contributed by atoms with Crippen molar-refractivity contribution in [3.05, 3.63) is 59.7 Å². The maximum absolute atomic E-state index is 5.81. The fourth-order valence-electron chi connectivity index (χ4n) is 3.63. The number of guanidine groups is 1. The van der Waals surface area contributed by atoms with E-state index in [-0.39, 0.29) is 6.04 Å². The third-order valence-electron chi connectivity index (χ3n) is 5.33. The lowest BCUT2D eigenvalue weighted by Crippen LogP contribution is -2.46. The van der Waals surface area contributed by atoms with Crippen LogP contribution in [0, 0.1) is 6.92 Å². The Kier molecular flexibility index (Phi) is 8.99. The number of aliphatic imine (C=N–C) groups is 1. The Bertz CT molecular complexity index is 820. The maximum Gasteiger partial charge on any atom is 0.191 e. The Morgan fingerprint density at radius 3 is 2.55 bits per heavy atom. The Balaban J connectivity index is 1.53. The van der Waals surface area contributed by atoms with Gasteiger partial charge in [-0.1, -0.05) is 24.3 Å². The Morgan fingerprint density at radius 2 is 1.87 bits per heavy atom. The second kappa shape index (κ2) is 12.2. The molecule has 0 radical (unpaired) electrons. The summed E-state index contributed by atoms with van der Waals surface area (Å²) in [7, 11) is 3.47. The van der Waals surface area contributed by atoms with E-state index in [2.05, 4.69) is 45.6 Å². The van der Waals surface area contributed by atoms with Crippen molar-refractivity contribution in [2.45, 2.75) is 13.0 Å². The van der Waals surface area contributed by atoms with Crippen LogP contribution < -0.4 is 20.1 Å². The first-order valence-corrected chi connectivity index (χ1v) is 10.8. The first kappa shape index (κ1) is 22.9. The molecule has 2 aromatic rings. The van der Waals surface area contributed by atoms with Crippen LogP contribution in [0.1, 0.15) is 17.2 Å². The van der Waals surface area contributed by atoms with Crippen LogP contribution in [0.3, 0.4) is 0 Å². The highest BCUT2D eigenvalue weighted by Crippen LogP contribution is 2.23. The van der Waals surface area contributed by atoms with Gasteiger partial charge in [-0.15, -0.1) is 0 Å². The summed E-state index contributed by atoms with van der Waals surface area (Å²) in [6, 6.07) is 16.6. The van der Waals surface area contributed by atoms with Gasteiger partial charge in [0.1, 0.15) is 18.1 Å². The average molecular weight is 427 g/mol. The molecule has 0 bridgehead atoms. The Labute approximate surface area is 185 Å². The minimum absolute atomic E-state index is 0.219. The molecule has 0 aromatic heterocycles. The molecular weight excluding hydrogens is 392 g/mol. The normalized spacial score (nSPS) is 15.9. The minimum Gasteiger partial charge on any atom is -0.497 e. The molecule has 1 aliphatic rings. The summed E-state index contributed by atoms with van der Waals surface area (Å²) in [4.78, 5) is 6.81. The highest BCUT2D eigenvalue weighted by Gasteiger charge is 2.23. The monoisotopic (exact) mass is 426 g/mol. The number of nitrogens with one attached hydrogen (secondary N) is 2. The number of rotatable bonds is 9. The summed E-state index contributed by atoms with van der Waals surface area (Å²) in [5, 5.41) is 6.80. The maximum atomic E-state index is 5.81. The van der Waals surface area contributed by atoms with Crippen LogP contribution in [0.4, 0.5) is 0 Å². The lowest BCUT2D eigenvalue weighted by molar-refractivity contribution is 0.0170. The van der Waals surface area contributed by atoms with E-state index in [0.29, 0.717) is 13.2 Å². The standard InChI is InChI=1S/C24H34N4O3/c1-19-5-4-6-22(17-19)31-14-11-26-24(25-2)27-18-23(28-12-15-30-16-13-28)20-7-9-21(29-3)10-8-20/h4-10,17,23H,11-16,18H2,1-3H3,(H2,25,26,27). The van der Waals surface area contributed by atoms with Gasteiger partial charge in [0.05, 0.1) is 32.9 Å². The zero-order valence-electron chi connectivity index (χ0n) is 18.8. The third-order valence-corrected chi connectivity index (χ3v) is 5.33. The lowest BCUT2D eigenvalue weighted by Gasteiger charge is -2.35. The fourth-order valence-corrected chi connectivity index (χ4v) is 3.63. The summed E-state index contributed by atoms with van der Waals surface area (Å²) in [6.07, 6.45) is 0. The van der Waals surface area contributed by atoms with Crippen molar-refractivity contribution in [1.82, 2.24) is 15.5 Å². The highest BCUT2D eigenvalue weighted by molar-refractivity contribution is 5.79. The number of aryl methyl sites for hydroxylation is 1. The third kappa shape index (κ3) is 7.15. The van der Waals surface area contributed by atoms with Crippen LogP contribution in [-0.2, 0) is 4.74 Å². The molecule has 1 aliphatic heterocycles. The first-order valence-electron chi connectivity index (χ1n) is 10.8. The summed E-state index contributed by atoms with van der Waals surface area (Å²) in [5.41, 5.74) is 2.43. The van der Waals surface area contributed by atoms with Crippen molar-refractivity contribution in [1.29, 1.82) is 0 Å². The van der Waals surface area contributed by atoms with Crippen LogP contribution in [0.25, 0.3) is 0 Å². The number of benzene rings is 2. The highest BCUT2D eigenvalue weighted by atomic mass is 16.5. The molecule has 0 aliphatic carbocycles. The number of nitrogens with zero attached hydrogens (tertiary/aromatic N) is 2. The van der Waals surface area contributed by atoms with E-state index in [1.807, 2.05) is 30.3 Å². The van der Waals surface area contributed by atoms with Crippen molar-refractivity contribution in [3.8, 4) is 11.5 Å². The molecular formula is C24H34N4O3. The molecule has 1 atom stereocenters. The first-order chi connectivity index (χ1) is 15.2. The van der Waals surface area contributed by atoms with E-state index in [1.54, 1.807) is 14.2 Å². The zero-order chi connectivity index (χ0) is 21.9. The van der Waals surface area contributed by atoms with Gasteiger partial charge in [0, 0.05) is 26.7 Å². The number of methoxy groups -OCH3 is 1. The molecule has 1 saturated heterocycles. The summed E-state index contributed by atoms with van der Waals surface area (Å²) >= 11 is 0. The summed E-state index contributed by atoms with van der Waals surface area (Å²) in [6.45, 7) is 7.37. The van der Waals surface area contributed by atoms with Crippen molar-refractivity contribution >= 4 is 5.96 Å². The van der Waals surface area contributed by atoms with Gasteiger partial charge in [-0.2, -0.15) is 0 Å². The second-order valence-electron chi connectivity index (χ2n) is 7.48. The molecule has 7 nitrogen and oxygen atoms in total. The molecule has 1 unspecified atom stereocenters. The molecule has 7 heteroatoms. The predicted molar refractivity (Wildman–Crippen MR) is 124 cm³/mol. The second-order valence-corrected chi connectivity index (χ2v) is 7.48. The predicted octanol–water partition coefficient (Wildman–Crippen LogP) is 2.62. The number of hydrogen-bond donors (Lipinski definition) is 2. The number of hydrogen-bond acceptors (Lipinski definition) is 5. The van der Waals surface area contributed by atoms with Gasteiger partial charge in [0.15, 0.2) is 5.96 Å². The van der Waals surface area contributed by atoms with Crippen LogP contribution in [0.15, 0.2) is 53.5 Å². The molecule has 1 fully saturated rings. The quantitative estimate of drug-likeness (QED) is 0.365. The topological polar surface area (TPSA) is 67.4 Å². The smallest absolute Gasteiger partial charge is 0.191 e. The molecule has 1 heterocycles. The van der Waals surface area contributed by atoms with E-state index in [9.17, 15) is 0 Å². The van der Waals surface area contributed by atoms with Crippen LogP contribution in [0.2, 0.25) is 0 Å². The van der Waals surface area contributed by atoms with Gasteiger partial charge in [0.25, 0.3) is 0 Å². The van der Waals surface area contributed by atoms with Gasteiger partial charge in [-0.25, -0.2) is 0 Å². The Morgan fingerprint density at radius 1 is 1.10 bits per heavy atom. The molecule has 0 spiro atoms. The average Bonchev–Trinajstić information content (AvgIpc) is 2.81. The number of ether oxygens (including phenoxy) is 3. The minimum atomic E-state index is 0.219. The van der Waals surface area contributed by atoms with Crippen molar-refractivity contribution < 1.29 is 14.2 Å². The van der Waals surface area contributed by atoms with Gasteiger partial charge in [0.2, 0.25) is 0 Å². The molecule has 2 N–H and O–H groups in total. The molecule has 168 valence electrons. The van der Waals surface area contributed by atoms with Crippen molar-refractivity contribution in [3.63, 3.8) is 0 Å². The SMILES string of the molecule is CN=C(NCCOc1cccc(C)c1)NCC(c1ccc(OC)cc1)N1CCOCC1. The van der Waals surface area contributed by atoms with Gasteiger partial charge in [-0.3, -0.25) is 9.89 Å². The zero-order valence-corrected chi connectivity index (χ0v) is 18.8. The van der Waals surface area contributed by atoms with E-state index < -0.39 is 0 Å². The largest absolute Gasteiger partial charge is 0.497 e. The van der Waals surface area contributed by atoms with Crippen molar-refractivity contribution in [2.24, 2.45) is 4.99 Å². The van der Waals surface area contributed by atoms with E-state index in [0.717, 1.165) is 50.3 Å². The molecule has 0 saturated carbocycles. The van der Waals surface area contributed by atoms with E-state index in [4.69, 9.17) is 14.2 Å². The molecule has 3 rings (SSSR count). The van der Waals surface area contributed by atoms with Gasteiger partial charge in [-0.05, 0) is 42.3 Å². The van der Waals surface area contributed by atoms with E-state index >= 15 is 0 Å². The number of morpholine rings is 1. The molecule has 0 amide bonds. The van der Waals surface area contributed by atoms with Crippen molar-refractivity contribution in [2.75, 3.05) is 60.2 Å². The van der Waals surface area contributed by atoms with Crippen LogP contribution in [-0.4, -0.2) is 71.0 Å².